The lowest BCUT2D eigenvalue weighted by Gasteiger charge is -2.71. The summed E-state index contributed by atoms with van der Waals surface area (Å²) in [7, 11) is 0. The smallest absolute Gasteiger partial charge is 0.315 e. The quantitative estimate of drug-likeness (QED) is 0.169. The predicted molar refractivity (Wildman–Crippen MR) is 168 cm³/mol. The molecule has 0 spiro atoms. The van der Waals surface area contributed by atoms with E-state index in [2.05, 4.69) is 26.8 Å². The Kier molecular flexibility index (Phi) is 8.60. The first kappa shape index (κ1) is 35.2. The number of aliphatic hydroxyl groups excluding tert-OH is 6. The van der Waals surface area contributed by atoms with E-state index < -0.39 is 77.5 Å². The third kappa shape index (κ3) is 4.69. The molecule has 0 aromatic rings. The van der Waals surface area contributed by atoms with Crippen molar-refractivity contribution in [1.82, 2.24) is 0 Å². The van der Waals surface area contributed by atoms with Gasteiger partial charge in [0.15, 0.2) is 0 Å². The monoisotopic (exact) mass is 664 g/mol. The molecule has 0 aromatic heterocycles. The lowest BCUT2D eigenvalue weighted by Crippen LogP contribution is -2.66. The van der Waals surface area contributed by atoms with Crippen LogP contribution in [0.2, 0.25) is 0 Å². The SMILES string of the molecule is C[C@@]1(C(=O)O)CC[C@]2(C(=O)O[C@H]3O[C@@H](CO)[C@H](O)[C@@H](O)[C@@H]3O)CC[C@]3(C)C(=CC[C@@H]4[C@@]5(C)CC[C@H](O)[C@@](C)(CO)[C@H]5CC[C@]43C)[C@@H]2C1. The molecule has 6 rings (SSSR count). The maximum Gasteiger partial charge on any atom is 0.315 e. The first-order valence-electron chi connectivity index (χ1n) is 17.6. The summed E-state index contributed by atoms with van der Waals surface area (Å²) in [6.45, 7) is 10.1. The van der Waals surface area contributed by atoms with Crippen LogP contribution < -0.4 is 0 Å². The molecule has 266 valence electrons. The highest BCUT2D eigenvalue weighted by Gasteiger charge is 2.70. The van der Waals surface area contributed by atoms with E-state index >= 15 is 0 Å². The van der Waals surface area contributed by atoms with Crippen molar-refractivity contribution in [3.8, 4) is 0 Å². The van der Waals surface area contributed by atoms with Crippen LogP contribution in [0, 0.1) is 50.2 Å². The number of carboxylic acid groups (broad SMARTS) is 1. The first-order valence-corrected chi connectivity index (χ1v) is 17.6. The van der Waals surface area contributed by atoms with Gasteiger partial charge in [0.1, 0.15) is 24.4 Å². The van der Waals surface area contributed by atoms with E-state index in [4.69, 9.17) is 9.47 Å². The van der Waals surface area contributed by atoms with E-state index in [1.54, 1.807) is 6.92 Å². The van der Waals surface area contributed by atoms with Crippen LogP contribution in [0.3, 0.4) is 0 Å². The van der Waals surface area contributed by atoms with Crippen molar-refractivity contribution in [2.45, 2.75) is 136 Å². The fourth-order valence-corrected chi connectivity index (χ4v) is 12.1. The van der Waals surface area contributed by atoms with Crippen LogP contribution in [0.1, 0.15) is 98.8 Å². The molecule has 47 heavy (non-hydrogen) atoms. The van der Waals surface area contributed by atoms with Crippen LogP contribution in [-0.4, -0.2) is 97.7 Å². The van der Waals surface area contributed by atoms with Gasteiger partial charge in [0.25, 0.3) is 0 Å². The molecule has 1 saturated heterocycles. The molecular weight excluding hydrogens is 608 g/mol. The molecule has 0 bridgehead atoms. The number of aliphatic hydroxyl groups is 6. The average Bonchev–Trinajstić information content (AvgIpc) is 3.03. The van der Waals surface area contributed by atoms with Crippen molar-refractivity contribution in [3.63, 3.8) is 0 Å². The number of hydrogen-bond donors (Lipinski definition) is 7. The summed E-state index contributed by atoms with van der Waals surface area (Å²) >= 11 is 0. The molecule has 0 amide bonds. The zero-order valence-electron chi connectivity index (χ0n) is 28.5. The van der Waals surface area contributed by atoms with Gasteiger partial charge >= 0.3 is 11.9 Å². The van der Waals surface area contributed by atoms with Crippen LogP contribution in [0.15, 0.2) is 11.6 Å². The highest BCUT2D eigenvalue weighted by atomic mass is 16.7. The molecule has 11 nitrogen and oxygen atoms in total. The molecule has 1 heterocycles. The van der Waals surface area contributed by atoms with Crippen molar-refractivity contribution >= 4 is 11.9 Å². The number of carboxylic acids is 1. The lowest BCUT2D eigenvalue weighted by molar-refractivity contribution is -0.297. The molecule has 1 aliphatic heterocycles. The average molecular weight is 665 g/mol. The van der Waals surface area contributed by atoms with Gasteiger partial charge in [0.2, 0.25) is 6.29 Å². The standard InChI is InChI=1S/C36H56O11/c1-31(29(43)44)12-14-36(30(45)47-28-27(42)26(41)25(40)21(17-37)46-28)15-13-34(4)19(20(36)16-31)6-7-23-32(2)10-9-24(39)33(3,18-38)22(32)8-11-35(23,34)5/h6,20-28,37-42H,7-18H2,1-5H3,(H,43,44)/t20-,21-,22-,23+,24-,25-,26+,27-,28+,31+,32-,33-,34+,35+,36-/m0/s1. The normalized spacial score (nSPS) is 54.2. The molecule has 6 aliphatic rings. The Hall–Kier alpha value is -1.60. The minimum absolute atomic E-state index is 0.0643. The van der Waals surface area contributed by atoms with E-state index in [9.17, 15) is 45.3 Å². The van der Waals surface area contributed by atoms with Crippen LogP contribution in [0.5, 0.6) is 0 Å². The van der Waals surface area contributed by atoms with Crippen LogP contribution in [0.25, 0.3) is 0 Å². The Morgan fingerprint density at radius 1 is 0.872 bits per heavy atom. The number of carbonyl (C=O) groups is 2. The Labute approximate surface area is 277 Å². The van der Waals surface area contributed by atoms with Crippen molar-refractivity contribution < 1.29 is 54.8 Å². The second-order valence-corrected chi connectivity index (χ2v) is 17.4. The largest absolute Gasteiger partial charge is 0.481 e. The number of esters is 1. The van der Waals surface area contributed by atoms with E-state index in [1.807, 2.05) is 6.92 Å². The van der Waals surface area contributed by atoms with E-state index in [0.717, 1.165) is 31.3 Å². The van der Waals surface area contributed by atoms with Crippen molar-refractivity contribution in [3.05, 3.63) is 11.6 Å². The van der Waals surface area contributed by atoms with E-state index in [-0.39, 0.29) is 54.0 Å². The Balaban J connectivity index is 1.38. The van der Waals surface area contributed by atoms with Gasteiger partial charge in [-0.3, -0.25) is 9.59 Å². The maximum absolute atomic E-state index is 14.4. The van der Waals surface area contributed by atoms with Crippen molar-refractivity contribution in [1.29, 1.82) is 0 Å². The second-order valence-electron chi connectivity index (χ2n) is 17.4. The fourth-order valence-electron chi connectivity index (χ4n) is 12.1. The number of hydrogen-bond acceptors (Lipinski definition) is 10. The molecule has 11 heteroatoms. The summed E-state index contributed by atoms with van der Waals surface area (Å²) in [5.41, 5.74) is -2.25. The van der Waals surface area contributed by atoms with Gasteiger partial charge in [-0.2, -0.15) is 0 Å². The summed E-state index contributed by atoms with van der Waals surface area (Å²) in [5, 5.41) is 72.9. The number of carbonyl (C=O) groups excluding carboxylic acids is 1. The minimum Gasteiger partial charge on any atom is -0.481 e. The molecule has 5 aliphatic carbocycles. The summed E-state index contributed by atoms with van der Waals surface area (Å²) in [5.74, 6) is -1.54. The Morgan fingerprint density at radius 3 is 2.19 bits per heavy atom. The molecule has 0 aromatic carbocycles. The highest BCUT2D eigenvalue weighted by molar-refractivity contribution is 5.81. The Morgan fingerprint density at radius 2 is 1.55 bits per heavy atom. The molecular formula is C36H56O11. The molecule has 7 N–H and O–H groups in total. The first-order chi connectivity index (χ1) is 21.9. The van der Waals surface area contributed by atoms with E-state index in [1.165, 1.54) is 0 Å². The summed E-state index contributed by atoms with van der Waals surface area (Å²) in [4.78, 5) is 27.1. The Bertz CT molecular complexity index is 1300. The third-order valence-electron chi connectivity index (χ3n) is 15.5. The van der Waals surface area contributed by atoms with Gasteiger partial charge in [-0.25, -0.2) is 0 Å². The van der Waals surface area contributed by atoms with Gasteiger partial charge < -0.3 is 45.2 Å². The molecule has 15 atom stereocenters. The maximum atomic E-state index is 14.4. The molecule has 0 unspecified atom stereocenters. The summed E-state index contributed by atoms with van der Waals surface area (Å²) < 4.78 is 11.4. The zero-order valence-corrected chi connectivity index (χ0v) is 28.5. The summed E-state index contributed by atoms with van der Waals surface area (Å²) in [6.07, 6.45) is -0.173. The topological polar surface area (TPSA) is 194 Å². The number of fused-ring (bicyclic) bond motifs is 7. The van der Waals surface area contributed by atoms with Gasteiger partial charge in [-0.1, -0.05) is 39.3 Å². The van der Waals surface area contributed by atoms with Gasteiger partial charge in [-0.05, 0) is 105 Å². The van der Waals surface area contributed by atoms with Crippen LogP contribution in [0.4, 0.5) is 0 Å². The summed E-state index contributed by atoms with van der Waals surface area (Å²) in [6, 6.07) is 0. The van der Waals surface area contributed by atoms with Gasteiger partial charge in [-0.15, -0.1) is 0 Å². The van der Waals surface area contributed by atoms with Crippen LogP contribution in [-0.2, 0) is 19.1 Å². The predicted octanol–water partition coefficient (Wildman–Crippen LogP) is 2.53. The number of allylic oxidation sites excluding steroid dienone is 2. The highest BCUT2D eigenvalue weighted by Crippen LogP contribution is 2.76. The van der Waals surface area contributed by atoms with Crippen molar-refractivity contribution in [2.24, 2.45) is 50.2 Å². The molecule has 4 saturated carbocycles. The molecule has 0 radical (unpaired) electrons. The van der Waals surface area contributed by atoms with Crippen molar-refractivity contribution in [2.75, 3.05) is 13.2 Å². The number of ether oxygens (including phenoxy) is 2. The third-order valence-corrected chi connectivity index (χ3v) is 15.5. The van der Waals surface area contributed by atoms with Crippen LogP contribution >= 0.6 is 0 Å². The number of rotatable bonds is 5. The molecule has 5 fully saturated rings. The zero-order chi connectivity index (χ0) is 34.5. The second kappa shape index (κ2) is 11.5. The van der Waals surface area contributed by atoms with Gasteiger partial charge in [0, 0.05) is 5.41 Å². The van der Waals surface area contributed by atoms with E-state index in [0.29, 0.717) is 19.3 Å². The minimum atomic E-state index is -1.73. The number of aliphatic carboxylic acids is 1. The van der Waals surface area contributed by atoms with Gasteiger partial charge in [0.05, 0.1) is 30.1 Å². The lowest BCUT2D eigenvalue weighted by atomic mass is 9.33. The fraction of sp³-hybridized carbons (Fsp3) is 0.889.